The Morgan fingerprint density at radius 2 is 2.00 bits per heavy atom. The first-order chi connectivity index (χ1) is 10.0. The maximum atomic E-state index is 12.4. The van der Waals surface area contributed by atoms with Crippen molar-refractivity contribution in [3.8, 4) is 0 Å². The number of para-hydroxylation sites is 1. The highest BCUT2D eigenvalue weighted by Gasteiger charge is 2.15. The van der Waals surface area contributed by atoms with Gasteiger partial charge < -0.3 is 14.6 Å². The number of aliphatic carboxylic acids is 1. The van der Waals surface area contributed by atoms with Crippen LogP contribution in [0.2, 0.25) is 0 Å². The summed E-state index contributed by atoms with van der Waals surface area (Å²) >= 11 is 0. The van der Waals surface area contributed by atoms with E-state index in [4.69, 9.17) is 5.11 Å². The Bertz CT molecular complexity index is 661. The number of carboxylic acid groups (broad SMARTS) is 1. The minimum absolute atomic E-state index is 0.0228. The predicted octanol–water partition coefficient (Wildman–Crippen LogP) is 2.27. The number of hydrogen-bond acceptors (Lipinski definition) is 2. The lowest BCUT2D eigenvalue weighted by Crippen LogP contribution is -2.35. The van der Waals surface area contributed by atoms with E-state index in [1.54, 1.807) is 4.90 Å². The van der Waals surface area contributed by atoms with Crippen molar-refractivity contribution in [2.24, 2.45) is 0 Å². The second-order valence-electron chi connectivity index (χ2n) is 5.05. The zero-order valence-electron chi connectivity index (χ0n) is 12.4. The zero-order valence-corrected chi connectivity index (χ0v) is 12.4. The molecule has 0 fully saturated rings. The van der Waals surface area contributed by atoms with Crippen LogP contribution in [0.1, 0.15) is 19.0 Å². The molecule has 21 heavy (non-hydrogen) atoms. The van der Waals surface area contributed by atoms with Crippen LogP contribution in [0.5, 0.6) is 0 Å². The molecule has 1 heterocycles. The minimum Gasteiger partial charge on any atom is -0.481 e. The number of rotatable bonds is 6. The smallest absolute Gasteiger partial charge is 0.305 e. The Balaban J connectivity index is 2.16. The normalized spacial score (nSPS) is 10.8. The molecule has 0 spiro atoms. The first kappa shape index (κ1) is 15.1. The van der Waals surface area contributed by atoms with Crippen LogP contribution < -0.4 is 0 Å². The molecule has 0 unspecified atom stereocenters. The molecular formula is C16H20N2O3. The average Bonchev–Trinajstić information content (AvgIpc) is 2.76. The maximum Gasteiger partial charge on any atom is 0.305 e. The first-order valence-corrected chi connectivity index (χ1v) is 7.07. The van der Waals surface area contributed by atoms with Crippen LogP contribution in [0.15, 0.2) is 30.3 Å². The van der Waals surface area contributed by atoms with E-state index in [1.165, 1.54) is 0 Å². The Labute approximate surface area is 123 Å². The van der Waals surface area contributed by atoms with Gasteiger partial charge in [0.2, 0.25) is 5.91 Å². The average molecular weight is 288 g/mol. The molecule has 0 aliphatic carbocycles. The van der Waals surface area contributed by atoms with Gasteiger partial charge in [0.15, 0.2) is 0 Å². The van der Waals surface area contributed by atoms with Crippen LogP contribution in [0.3, 0.4) is 0 Å². The summed E-state index contributed by atoms with van der Waals surface area (Å²) in [6.45, 7) is 4.85. The number of likely N-dealkylation sites (N-methyl/N-ethyl adjacent to an activating group) is 1. The fourth-order valence-electron chi connectivity index (χ4n) is 2.48. The quantitative estimate of drug-likeness (QED) is 0.887. The highest BCUT2D eigenvalue weighted by molar-refractivity contribution is 5.84. The fraction of sp³-hybridized carbons (Fsp3) is 0.375. The minimum atomic E-state index is -0.885. The second-order valence-corrected chi connectivity index (χ2v) is 5.05. The van der Waals surface area contributed by atoms with Crippen LogP contribution in [0.4, 0.5) is 0 Å². The van der Waals surface area contributed by atoms with Gasteiger partial charge in [0.05, 0.1) is 6.42 Å². The second kappa shape index (κ2) is 6.43. The van der Waals surface area contributed by atoms with E-state index >= 15 is 0 Å². The molecule has 5 nitrogen and oxygen atoms in total. The summed E-state index contributed by atoms with van der Waals surface area (Å²) in [7, 11) is 0. The van der Waals surface area contributed by atoms with Crippen molar-refractivity contribution in [2.45, 2.75) is 26.8 Å². The monoisotopic (exact) mass is 288 g/mol. The number of carboxylic acids is 1. The number of carbonyl (C=O) groups excluding carboxylic acids is 1. The first-order valence-electron chi connectivity index (χ1n) is 7.07. The summed E-state index contributed by atoms with van der Waals surface area (Å²) in [4.78, 5) is 24.6. The molecule has 0 saturated carbocycles. The molecule has 2 rings (SSSR count). The number of carbonyl (C=O) groups is 2. The number of aryl methyl sites for hydroxylation is 1. The van der Waals surface area contributed by atoms with Gasteiger partial charge >= 0.3 is 5.97 Å². The van der Waals surface area contributed by atoms with Crippen molar-refractivity contribution in [2.75, 3.05) is 13.1 Å². The highest BCUT2D eigenvalue weighted by Crippen LogP contribution is 2.19. The molecule has 5 heteroatoms. The lowest BCUT2D eigenvalue weighted by Gasteiger charge is -2.21. The van der Waals surface area contributed by atoms with E-state index in [1.807, 2.05) is 42.7 Å². The van der Waals surface area contributed by atoms with Crippen molar-refractivity contribution in [1.29, 1.82) is 0 Å². The molecule has 0 saturated heterocycles. The van der Waals surface area contributed by atoms with Crippen molar-refractivity contribution in [3.63, 3.8) is 0 Å². The number of aromatic nitrogens is 1. The summed E-state index contributed by atoms with van der Waals surface area (Å²) in [5.41, 5.74) is 2.05. The third-order valence-electron chi connectivity index (χ3n) is 3.64. The number of benzene rings is 1. The summed E-state index contributed by atoms with van der Waals surface area (Å²) < 4.78 is 1.97. The molecule has 112 valence electrons. The Hall–Kier alpha value is -2.30. The van der Waals surface area contributed by atoms with Crippen molar-refractivity contribution >= 4 is 22.8 Å². The van der Waals surface area contributed by atoms with Gasteiger partial charge in [-0.15, -0.1) is 0 Å². The molecule has 0 radical (unpaired) electrons. The van der Waals surface area contributed by atoms with Crippen molar-refractivity contribution in [1.82, 2.24) is 9.47 Å². The van der Waals surface area contributed by atoms with Gasteiger partial charge in [-0.2, -0.15) is 0 Å². The molecule has 0 aliphatic rings. The third kappa shape index (κ3) is 3.42. The van der Waals surface area contributed by atoms with E-state index in [-0.39, 0.29) is 25.4 Å². The van der Waals surface area contributed by atoms with E-state index in [0.717, 1.165) is 16.6 Å². The molecule has 0 aliphatic heterocycles. The molecular weight excluding hydrogens is 268 g/mol. The summed E-state index contributed by atoms with van der Waals surface area (Å²) in [5, 5.41) is 9.85. The predicted molar refractivity (Wildman–Crippen MR) is 81.2 cm³/mol. The van der Waals surface area contributed by atoms with Gasteiger partial charge in [0.1, 0.15) is 6.54 Å². The SMILES string of the molecule is CCN(CCC(=O)O)C(=O)Cn1c(C)cc2ccccc21. The lowest BCUT2D eigenvalue weighted by atomic mass is 10.2. The molecule has 0 bridgehead atoms. The largest absolute Gasteiger partial charge is 0.481 e. The lowest BCUT2D eigenvalue weighted by molar-refractivity contribution is -0.138. The van der Waals surface area contributed by atoms with E-state index < -0.39 is 5.97 Å². The van der Waals surface area contributed by atoms with E-state index in [0.29, 0.717) is 6.54 Å². The molecule has 1 aromatic heterocycles. The third-order valence-corrected chi connectivity index (χ3v) is 3.64. The van der Waals surface area contributed by atoms with Gasteiger partial charge in [0.25, 0.3) is 0 Å². The van der Waals surface area contributed by atoms with Crippen LogP contribution in [-0.2, 0) is 16.1 Å². The zero-order chi connectivity index (χ0) is 15.4. The molecule has 1 amide bonds. The number of fused-ring (bicyclic) bond motifs is 1. The van der Waals surface area contributed by atoms with Crippen molar-refractivity contribution < 1.29 is 14.7 Å². The fourth-order valence-corrected chi connectivity index (χ4v) is 2.48. The van der Waals surface area contributed by atoms with Gasteiger partial charge in [-0.1, -0.05) is 18.2 Å². The molecule has 0 atom stereocenters. The molecule has 1 aromatic carbocycles. The molecule has 1 N–H and O–H groups in total. The summed E-state index contributed by atoms with van der Waals surface area (Å²) in [6, 6.07) is 9.98. The van der Waals surface area contributed by atoms with Crippen LogP contribution in [-0.4, -0.2) is 39.5 Å². The van der Waals surface area contributed by atoms with Crippen molar-refractivity contribution in [3.05, 3.63) is 36.0 Å². The Morgan fingerprint density at radius 3 is 2.67 bits per heavy atom. The Kier molecular flexibility index (Phi) is 4.62. The number of nitrogens with zero attached hydrogens (tertiary/aromatic N) is 2. The van der Waals surface area contributed by atoms with Crippen LogP contribution in [0, 0.1) is 6.92 Å². The van der Waals surface area contributed by atoms with E-state index in [9.17, 15) is 9.59 Å². The van der Waals surface area contributed by atoms with Gasteiger partial charge in [0, 0.05) is 24.3 Å². The summed E-state index contributed by atoms with van der Waals surface area (Å²) in [5.74, 6) is -0.938. The highest BCUT2D eigenvalue weighted by atomic mass is 16.4. The maximum absolute atomic E-state index is 12.4. The number of hydrogen-bond donors (Lipinski definition) is 1. The molecule has 2 aromatic rings. The Morgan fingerprint density at radius 1 is 1.29 bits per heavy atom. The topological polar surface area (TPSA) is 62.5 Å². The van der Waals surface area contributed by atoms with Gasteiger partial charge in [-0.3, -0.25) is 9.59 Å². The van der Waals surface area contributed by atoms with Crippen LogP contribution >= 0.6 is 0 Å². The van der Waals surface area contributed by atoms with E-state index in [2.05, 4.69) is 6.07 Å². The standard InChI is InChI=1S/C16H20N2O3/c1-3-17(9-8-16(20)21)15(19)11-18-12(2)10-13-6-4-5-7-14(13)18/h4-7,10H,3,8-9,11H2,1-2H3,(H,20,21). The van der Waals surface area contributed by atoms with Gasteiger partial charge in [-0.05, 0) is 31.4 Å². The summed E-state index contributed by atoms with van der Waals surface area (Å²) in [6.07, 6.45) is -0.0228. The van der Waals surface area contributed by atoms with Gasteiger partial charge in [-0.25, -0.2) is 0 Å². The van der Waals surface area contributed by atoms with Crippen LogP contribution in [0.25, 0.3) is 10.9 Å². The number of amides is 1.